The molecule has 0 saturated heterocycles. The lowest BCUT2D eigenvalue weighted by Crippen LogP contribution is -2.24. The largest absolute Gasteiger partial charge is 0.491 e. The van der Waals surface area contributed by atoms with Crippen molar-refractivity contribution in [1.29, 1.82) is 0 Å². The van der Waals surface area contributed by atoms with Gasteiger partial charge in [-0.05, 0) is 68.7 Å². The van der Waals surface area contributed by atoms with E-state index in [0.717, 1.165) is 30.0 Å². The number of nitrogens with one attached hydrogen (secondary N) is 1. The summed E-state index contributed by atoms with van der Waals surface area (Å²) in [7, 11) is 0. The van der Waals surface area contributed by atoms with Crippen LogP contribution in [0.2, 0.25) is 0 Å². The number of benzene rings is 1. The van der Waals surface area contributed by atoms with Gasteiger partial charge in [-0.1, -0.05) is 31.9 Å². The Kier molecular flexibility index (Phi) is 4.54. The Labute approximate surface area is 129 Å². The fraction of sp³-hybridized carbons (Fsp3) is 0.684. The van der Waals surface area contributed by atoms with Crippen molar-refractivity contribution in [2.24, 2.45) is 17.8 Å². The fourth-order valence-corrected chi connectivity index (χ4v) is 4.29. The molecule has 2 saturated carbocycles. The molecule has 0 aliphatic heterocycles. The van der Waals surface area contributed by atoms with Crippen LogP contribution in [0.15, 0.2) is 24.3 Å². The Bertz CT molecular complexity index is 458. The summed E-state index contributed by atoms with van der Waals surface area (Å²) in [5.74, 6) is 3.80. The number of rotatable bonds is 6. The second-order valence-corrected chi connectivity index (χ2v) is 6.96. The maximum Gasteiger partial charge on any atom is 0.120 e. The normalized spacial score (nSPS) is 29.0. The second kappa shape index (κ2) is 6.39. The van der Waals surface area contributed by atoms with E-state index in [4.69, 9.17) is 4.74 Å². The van der Waals surface area contributed by atoms with Crippen molar-refractivity contribution in [1.82, 2.24) is 5.32 Å². The molecule has 2 nitrogen and oxygen atoms in total. The number of hydrogen-bond acceptors (Lipinski definition) is 2. The van der Waals surface area contributed by atoms with Crippen molar-refractivity contribution >= 4 is 0 Å². The van der Waals surface area contributed by atoms with Crippen LogP contribution < -0.4 is 10.1 Å². The first-order valence-corrected chi connectivity index (χ1v) is 8.70. The molecule has 0 heterocycles. The van der Waals surface area contributed by atoms with Gasteiger partial charge in [0.15, 0.2) is 0 Å². The molecule has 3 atom stereocenters. The Balaban J connectivity index is 1.77. The highest BCUT2D eigenvalue weighted by molar-refractivity contribution is 5.32. The van der Waals surface area contributed by atoms with Crippen LogP contribution >= 0.6 is 0 Å². The first kappa shape index (κ1) is 14.9. The van der Waals surface area contributed by atoms with E-state index in [1.165, 1.54) is 31.2 Å². The van der Waals surface area contributed by atoms with Gasteiger partial charge in [0.1, 0.15) is 5.75 Å². The topological polar surface area (TPSA) is 21.3 Å². The lowest BCUT2D eigenvalue weighted by Gasteiger charge is -2.20. The molecule has 0 spiro atoms. The molecule has 116 valence electrons. The highest BCUT2D eigenvalue weighted by Crippen LogP contribution is 2.60. The van der Waals surface area contributed by atoms with Gasteiger partial charge < -0.3 is 10.1 Å². The number of hydrogen-bond donors (Lipinski definition) is 1. The molecule has 3 rings (SSSR count). The Hall–Kier alpha value is -1.02. The lowest BCUT2D eigenvalue weighted by molar-refractivity contribution is 0.242. The Morgan fingerprint density at radius 2 is 1.90 bits per heavy atom. The van der Waals surface area contributed by atoms with E-state index in [-0.39, 0.29) is 6.10 Å². The van der Waals surface area contributed by atoms with E-state index >= 15 is 0 Å². The zero-order valence-corrected chi connectivity index (χ0v) is 13.6. The summed E-state index contributed by atoms with van der Waals surface area (Å²) >= 11 is 0. The SMILES string of the molecule is CCNC(c1cccc(OC(C)C)c1)C1C2CCCCC21. The predicted molar refractivity (Wildman–Crippen MR) is 87.6 cm³/mol. The third-order valence-corrected chi connectivity index (χ3v) is 5.12. The zero-order chi connectivity index (χ0) is 14.8. The van der Waals surface area contributed by atoms with Crippen molar-refractivity contribution in [3.05, 3.63) is 29.8 Å². The maximum absolute atomic E-state index is 5.87. The predicted octanol–water partition coefficient (Wildman–Crippen LogP) is 4.56. The van der Waals surface area contributed by atoms with E-state index < -0.39 is 0 Å². The van der Waals surface area contributed by atoms with E-state index in [1.807, 2.05) is 0 Å². The first-order valence-electron chi connectivity index (χ1n) is 8.70. The molecule has 2 aliphatic rings. The smallest absolute Gasteiger partial charge is 0.120 e. The van der Waals surface area contributed by atoms with Gasteiger partial charge in [-0.25, -0.2) is 0 Å². The van der Waals surface area contributed by atoms with Crippen LogP contribution in [-0.4, -0.2) is 12.6 Å². The van der Waals surface area contributed by atoms with E-state index in [1.54, 1.807) is 0 Å². The van der Waals surface area contributed by atoms with Crippen molar-refractivity contribution in [2.45, 2.75) is 58.6 Å². The summed E-state index contributed by atoms with van der Waals surface area (Å²) in [5, 5.41) is 3.74. The van der Waals surface area contributed by atoms with Gasteiger partial charge in [-0.3, -0.25) is 0 Å². The van der Waals surface area contributed by atoms with Crippen LogP contribution in [0.3, 0.4) is 0 Å². The summed E-state index contributed by atoms with van der Waals surface area (Å²) in [6.07, 6.45) is 6.00. The standard InChI is InChI=1S/C19H29NO/c1-4-20-19(18-16-10-5-6-11-17(16)18)14-8-7-9-15(12-14)21-13(2)3/h7-9,12-13,16-20H,4-6,10-11H2,1-3H3. The molecule has 0 radical (unpaired) electrons. The van der Waals surface area contributed by atoms with Gasteiger partial charge in [0.25, 0.3) is 0 Å². The van der Waals surface area contributed by atoms with Crippen LogP contribution in [0, 0.1) is 17.8 Å². The van der Waals surface area contributed by atoms with Gasteiger partial charge in [-0.15, -0.1) is 0 Å². The molecular weight excluding hydrogens is 258 g/mol. The highest BCUT2D eigenvalue weighted by Gasteiger charge is 2.54. The number of fused-ring (bicyclic) bond motifs is 1. The minimum Gasteiger partial charge on any atom is -0.491 e. The minimum atomic E-state index is 0.237. The zero-order valence-electron chi connectivity index (χ0n) is 13.6. The van der Waals surface area contributed by atoms with E-state index in [9.17, 15) is 0 Å². The molecule has 3 unspecified atom stereocenters. The van der Waals surface area contributed by atoms with Gasteiger partial charge >= 0.3 is 0 Å². The summed E-state index contributed by atoms with van der Waals surface area (Å²) < 4.78 is 5.87. The van der Waals surface area contributed by atoms with Gasteiger partial charge in [0.05, 0.1) is 6.10 Å². The number of ether oxygens (including phenoxy) is 1. The van der Waals surface area contributed by atoms with Crippen LogP contribution in [-0.2, 0) is 0 Å². The summed E-state index contributed by atoms with van der Waals surface area (Å²) in [6, 6.07) is 9.25. The molecule has 2 aliphatic carbocycles. The first-order chi connectivity index (χ1) is 10.2. The maximum atomic E-state index is 5.87. The van der Waals surface area contributed by atoms with Gasteiger partial charge in [0.2, 0.25) is 0 Å². The van der Waals surface area contributed by atoms with E-state index in [0.29, 0.717) is 6.04 Å². The monoisotopic (exact) mass is 287 g/mol. The van der Waals surface area contributed by atoms with Crippen LogP contribution in [0.25, 0.3) is 0 Å². The fourth-order valence-electron chi connectivity index (χ4n) is 4.29. The highest BCUT2D eigenvalue weighted by atomic mass is 16.5. The third kappa shape index (κ3) is 3.26. The molecule has 21 heavy (non-hydrogen) atoms. The summed E-state index contributed by atoms with van der Waals surface area (Å²) in [6.45, 7) is 7.43. The van der Waals surface area contributed by atoms with Crippen molar-refractivity contribution in [3.8, 4) is 5.75 Å². The molecule has 1 aromatic rings. The van der Waals surface area contributed by atoms with Crippen molar-refractivity contribution < 1.29 is 4.74 Å². The molecule has 0 aromatic heterocycles. The van der Waals surface area contributed by atoms with Crippen LogP contribution in [0.4, 0.5) is 0 Å². The van der Waals surface area contributed by atoms with Gasteiger partial charge in [0, 0.05) is 6.04 Å². The Morgan fingerprint density at radius 1 is 1.19 bits per heavy atom. The molecule has 0 amide bonds. The minimum absolute atomic E-state index is 0.237. The molecule has 0 bridgehead atoms. The summed E-state index contributed by atoms with van der Waals surface area (Å²) in [5.41, 5.74) is 1.41. The third-order valence-electron chi connectivity index (χ3n) is 5.12. The quantitative estimate of drug-likeness (QED) is 0.828. The average Bonchev–Trinajstić information content (AvgIpc) is 3.18. The van der Waals surface area contributed by atoms with Crippen LogP contribution in [0.5, 0.6) is 5.75 Å². The molecular formula is C19H29NO. The Morgan fingerprint density at radius 3 is 2.52 bits per heavy atom. The summed E-state index contributed by atoms with van der Waals surface area (Å²) in [4.78, 5) is 0. The molecule has 1 aromatic carbocycles. The molecule has 1 N–H and O–H groups in total. The molecule has 2 heteroatoms. The average molecular weight is 287 g/mol. The van der Waals surface area contributed by atoms with Gasteiger partial charge in [-0.2, -0.15) is 0 Å². The van der Waals surface area contributed by atoms with E-state index in [2.05, 4.69) is 50.4 Å². The molecule has 2 fully saturated rings. The van der Waals surface area contributed by atoms with Crippen LogP contribution in [0.1, 0.15) is 58.1 Å². The van der Waals surface area contributed by atoms with Crippen molar-refractivity contribution in [2.75, 3.05) is 6.54 Å². The second-order valence-electron chi connectivity index (χ2n) is 6.96. The lowest BCUT2D eigenvalue weighted by atomic mass is 9.99. The van der Waals surface area contributed by atoms with Crippen molar-refractivity contribution in [3.63, 3.8) is 0 Å².